The zero-order valence-electron chi connectivity index (χ0n) is 17.9. The van der Waals surface area contributed by atoms with Crippen LogP contribution in [0.1, 0.15) is 15.9 Å². The van der Waals surface area contributed by atoms with Gasteiger partial charge >= 0.3 is 6.36 Å². The summed E-state index contributed by atoms with van der Waals surface area (Å²) in [6, 6.07) is 18.4. The quantitative estimate of drug-likeness (QED) is 0.449. The van der Waals surface area contributed by atoms with Gasteiger partial charge in [0.05, 0.1) is 12.1 Å². The maximum atomic E-state index is 12.9. The van der Waals surface area contributed by atoms with E-state index in [9.17, 15) is 22.8 Å². The summed E-state index contributed by atoms with van der Waals surface area (Å²) in [5.74, 6) is -1.02. The van der Waals surface area contributed by atoms with E-state index >= 15 is 0 Å². The number of anilines is 1. The summed E-state index contributed by atoms with van der Waals surface area (Å²) in [5.41, 5.74) is 1.40. The Labute approximate surface area is 198 Å². The van der Waals surface area contributed by atoms with Crippen LogP contribution in [0.4, 0.5) is 18.9 Å². The van der Waals surface area contributed by atoms with Crippen molar-refractivity contribution < 1.29 is 32.2 Å². The first-order chi connectivity index (χ1) is 16.1. The Morgan fingerprint density at radius 3 is 2.26 bits per heavy atom. The number of hydrogen-bond donors (Lipinski definition) is 1. The molecule has 34 heavy (non-hydrogen) atoms. The molecule has 3 aromatic rings. The van der Waals surface area contributed by atoms with E-state index in [1.165, 1.54) is 24.1 Å². The highest BCUT2D eigenvalue weighted by Gasteiger charge is 2.31. The molecule has 0 aliphatic heterocycles. The van der Waals surface area contributed by atoms with E-state index < -0.39 is 23.9 Å². The molecule has 0 saturated carbocycles. The summed E-state index contributed by atoms with van der Waals surface area (Å²) >= 11 is 5.88. The van der Waals surface area contributed by atoms with Crippen molar-refractivity contribution in [3.8, 4) is 11.5 Å². The summed E-state index contributed by atoms with van der Waals surface area (Å²) in [6.07, 6.45) is -4.80. The van der Waals surface area contributed by atoms with Gasteiger partial charge in [-0.15, -0.1) is 13.2 Å². The summed E-state index contributed by atoms with van der Waals surface area (Å²) in [4.78, 5) is 26.5. The second kappa shape index (κ2) is 10.9. The Bertz CT molecular complexity index is 1140. The van der Waals surface area contributed by atoms with Gasteiger partial charge in [-0.1, -0.05) is 35.9 Å². The van der Waals surface area contributed by atoms with E-state index in [-0.39, 0.29) is 24.4 Å². The molecule has 0 aliphatic carbocycles. The minimum absolute atomic E-state index is 0.222. The molecule has 0 bridgehead atoms. The topological polar surface area (TPSA) is 67.9 Å². The molecule has 0 saturated heterocycles. The summed E-state index contributed by atoms with van der Waals surface area (Å²) in [6.45, 7) is -0.0646. The fourth-order valence-corrected chi connectivity index (χ4v) is 3.07. The van der Waals surface area contributed by atoms with Crippen LogP contribution in [0, 0.1) is 0 Å². The van der Waals surface area contributed by atoms with Crippen LogP contribution < -0.4 is 14.8 Å². The molecule has 3 rings (SSSR count). The molecular formula is C24H20ClF3N2O4. The lowest BCUT2D eigenvalue weighted by Gasteiger charge is -2.19. The van der Waals surface area contributed by atoms with Gasteiger partial charge in [0, 0.05) is 17.8 Å². The average Bonchev–Trinajstić information content (AvgIpc) is 2.78. The molecule has 10 heteroatoms. The van der Waals surface area contributed by atoms with E-state index in [4.69, 9.17) is 16.3 Å². The fraction of sp³-hybridized carbons (Fsp3) is 0.167. The lowest BCUT2D eigenvalue weighted by molar-refractivity contribution is -0.274. The molecular weight excluding hydrogens is 473 g/mol. The average molecular weight is 493 g/mol. The van der Waals surface area contributed by atoms with Gasteiger partial charge in [-0.2, -0.15) is 0 Å². The molecule has 0 aromatic heterocycles. The Morgan fingerprint density at radius 1 is 0.971 bits per heavy atom. The first-order valence-electron chi connectivity index (χ1n) is 9.98. The molecule has 3 aromatic carbocycles. The predicted octanol–water partition coefficient (Wildman–Crippen LogP) is 5.53. The number of alkyl halides is 3. The van der Waals surface area contributed by atoms with E-state index in [1.807, 2.05) is 12.1 Å². The maximum Gasteiger partial charge on any atom is 0.573 e. The van der Waals surface area contributed by atoms with Gasteiger partial charge in [0.2, 0.25) is 5.91 Å². The van der Waals surface area contributed by atoms with Crippen molar-refractivity contribution in [2.45, 2.75) is 13.0 Å². The highest BCUT2D eigenvalue weighted by molar-refractivity contribution is 6.30. The third-order valence-corrected chi connectivity index (χ3v) is 4.78. The lowest BCUT2D eigenvalue weighted by Crippen LogP contribution is -2.35. The van der Waals surface area contributed by atoms with Crippen molar-refractivity contribution in [3.63, 3.8) is 0 Å². The number of benzene rings is 3. The highest BCUT2D eigenvalue weighted by Crippen LogP contribution is 2.24. The molecule has 6 nitrogen and oxygen atoms in total. The van der Waals surface area contributed by atoms with Crippen molar-refractivity contribution in [1.82, 2.24) is 4.90 Å². The predicted molar refractivity (Wildman–Crippen MR) is 121 cm³/mol. The van der Waals surface area contributed by atoms with Gasteiger partial charge in [0.1, 0.15) is 18.1 Å². The zero-order valence-corrected chi connectivity index (χ0v) is 18.7. The Kier molecular flexibility index (Phi) is 8.01. The lowest BCUT2D eigenvalue weighted by atomic mass is 10.1. The van der Waals surface area contributed by atoms with Crippen molar-refractivity contribution in [2.75, 3.05) is 18.9 Å². The van der Waals surface area contributed by atoms with Crippen molar-refractivity contribution in [2.24, 2.45) is 0 Å². The smallest absolute Gasteiger partial charge is 0.488 e. The molecule has 178 valence electrons. The monoisotopic (exact) mass is 492 g/mol. The number of rotatable bonds is 8. The Morgan fingerprint density at radius 2 is 1.62 bits per heavy atom. The first-order valence-corrected chi connectivity index (χ1v) is 10.4. The number of carbonyl (C=O) groups excluding carboxylic acids is 2. The molecule has 0 fully saturated rings. The number of hydrogen-bond acceptors (Lipinski definition) is 4. The summed E-state index contributed by atoms with van der Waals surface area (Å²) in [7, 11) is 1.46. The van der Waals surface area contributed by atoms with Crippen LogP contribution in [-0.2, 0) is 11.4 Å². The van der Waals surface area contributed by atoms with Gasteiger partial charge in [-0.3, -0.25) is 9.59 Å². The van der Waals surface area contributed by atoms with E-state index in [0.717, 1.165) is 17.7 Å². The molecule has 0 atom stereocenters. The molecule has 0 aliphatic rings. The molecule has 1 N–H and O–H groups in total. The van der Waals surface area contributed by atoms with Gasteiger partial charge in [-0.25, -0.2) is 0 Å². The third kappa shape index (κ3) is 7.41. The minimum atomic E-state index is -4.80. The fourth-order valence-electron chi connectivity index (χ4n) is 2.94. The van der Waals surface area contributed by atoms with E-state index in [1.54, 1.807) is 36.4 Å². The minimum Gasteiger partial charge on any atom is -0.488 e. The zero-order chi connectivity index (χ0) is 24.7. The van der Waals surface area contributed by atoms with E-state index in [2.05, 4.69) is 10.1 Å². The Balaban J connectivity index is 1.58. The number of nitrogens with zero attached hydrogens (tertiary/aromatic N) is 1. The van der Waals surface area contributed by atoms with Crippen LogP contribution in [0.25, 0.3) is 0 Å². The molecule has 0 radical (unpaired) electrons. The summed E-state index contributed by atoms with van der Waals surface area (Å²) < 4.78 is 46.3. The molecule has 0 spiro atoms. The Hall–Kier alpha value is -3.72. The largest absolute Gasteiger partial charge is 0.573 e. The van der Waals surface area contributed by atoms with Crippen LogP contribution >= 0.6 is 11.6 Å². The van der Waals surface area contributed by atoms with Gasteiger partial charge < -0.3 is 19.7 Å². The van der Waals surface area contributed by atoms with E-state index in [0.29, 0.717) is 10.8 Å². The number of ether oxygens (including phenoxy) is 2. The van der Waals surface area contributed by atoms with Gasteiger partial charge in [-0.05, 0) is 54.1 Å². The standard InChI is InChI=1S/C24H20ClF3N2O4/c1-30(14-22(31)29-18-10-12-19(13-11-18)34-24(26,27)28)23(32)20-4-2-3-5-21(20)33-15-16-6-8-17(25)9-7-16/h2-13H,14-15H2,1H3,(H,29,31). The number of nitrogens with one attached hydrogen (secondary N) is 1. The van der Waals surface area contributed by atoms with Crippen LogP contribution in [0.15, 0.2) is 72.8 Å². The number of likely N-dealkylation sites (N-methyl/N-ethyl adjacent to an activating group) is 1. The number of halogens is 4. The molecule has 0 unspecified atom stereocenters. The second-order valence-electron chi connectivity index (χ2n) is 7.19. The van der Waals surface area contributed by atoms with Crippen LogP contribution in [0.5, 0.6) is 11.5 Å². The third-order valence-electron chi connectivity index (χ3n) is 4.52. The number of amides is 2. The maximum absolute atomic E-state index is 12.9. The number of carbonyl (C=O) groups is 2. The normalized spacial score (nSPS) is 11.0. The number of para-hydroxylation sites is 1. The van der Waals surface area contributed by atoms with Crippen molar-refractivity contribution in [3.05, 3.63) is 88.9 Å². The van der Waals surface area contributed by atoms with Gasteiger partial charge in [0.15, 0.2) is 0 Å². The second-order valence-corrected chi connectivity index (χ2v) is 7.63. The van der Waals surface area contributed by atoms with Crippen molar-refractivity contribution >= 4 is 29.1 Å². The van der Waals surface area contributed by atoms with Crippen molar-refractivity contribution in [1.29, 1.82) is 0 Å². The molecule has 2 amide bonds. The van der Waals surface area contributed by atoms with Crippen LogP contribution in [0.3, 0.4) is 0 Å². The van der Waals surface area contributed by atoms with Gasteiger partial charge in [0.25, 0.3) is 5.91 Å². The van der Waals surface area contributed by atoms with Crippen LogP contribution in [0.2, 0.25) is 5.02 Å². The first kappa shape index (κ1) is 24.9. The van der Waals surface area contributed by atoms with Crippen LogP contribution in [-0.4, -0.2) is 36.7 Å². The SMILES string of the molecule is CN(CC(=O)Nc1ccc(OC(F)(F)F)cc1)C(=O)c1ccccc1OCc1ccc(Cl)cc1. The summed E-state index contributed by atoms with van der Waals surface area (Å²) in [5, 5.41) is 3.13. The highest BCUT2D eigenvalue weighted by atomic mass is 35.5. The molecule has 0 heterocycles.